The predicted molar refractivity (Wildman–Crippen MR) is 92.5 cm³/mol. The molecule has 24 heavy (non-hydrogen) atoms. The Morgan fingerprint density at radius 2 is 1.29 bits per heavy atom. The summed E-state index contributed by atoms with van der Waals surface area (Å²) < 4.78 is 37.9. The molecule has 124 valence electrons. The summed E-state index contributed by atoms with van der Waals surface area (Å²) in [6.45, 7) is 0. The smallest absolute Gasteiger partial charge is 0.166 e. The van der Waals surface area contributed by atoms with Crippen molar-refractivity contribution in [2.75, 3.05) is 0 Å². The molecule has 0 aliphatic heterocycles. The Morgan fingerprint density at radius 1 is 0.708 bits per heavy atom. The van der Waals surface area contributed by atoms with Crippen LogP contribution in [-0.2, 0) is 6.18 Å². The van der Waals surface area contributed by atoms with Crippen molar-refractivity contribution in [3.05, 3.63) is 77.9 Å². The molecule has 3 rings (SSSR count). The second-order valence-electron chi connectivity index (χ2n) is 6.02. The van der Waals surface area contributed by atoms with Gasteiger partial charge in [-0.15, -0.1) is 0 Å². The third kappa shape index (κ3) is 3.97. The van der Waals surface area contributed by atoms with Crippen molar-refractivity contribution in [1.82, 2.24) is 0 Å². The summed E-state index contributed by atoms with van der Waals surface area (Å²) in [5.41, 5.74) is 3.59. The Hall–Kier alpha value is -2.29. The lowest BCUT2D eigenvalue weighted by atomic mass is 9.95. The van der Waals surface area contributed by atoms with Crippen LogP contribution in [0, 0.1) is 0 Å². The van der Waals surface area contributed by atoms with Gasteiger partial charge in [-0.2, -0.15) is 13.2 Å². The van der Waals surface area contributed by atoms with Crippen molar-refractivity contribution < 1.29 is 13.2 Å². The summed E-state index contributed by atoms with van der Waals surface area (Å²) in [5, 5.41) is 0. The summed E-state index contributed by atoms with van der Waals surface area (Å²) in [5.74, 6) is 0. The van der Waals surface area contributed by atoms with Crippen molar-refractivity contribution in [1.29, 1.82) is 0 Å². The molecular weight excluding hydrogens is 309 g/mol. The second-order valence-corrected chi connectivity index (χ2v) is 6.02. The Kier molecular flexibility index (Phi) is 4.89. The summed E-state index contributed by atoms with van der Waals surface area (Å²) >= 11 is 0. The van der Waals surface area contributed by atoms with Crippen LogP contribution in [0.2, 0.25) is 0 Å². The number of halogens is 3. The SMILES string of the molecule is FC(F)(F)c1ccc(-c2ccc(/C3=C/C=C\CCCC3)cc2)cc1. The summed E-state index contributed by atoms with van der Waals surface area (Å²) in [7, 11) is 0. The molecule has 1 aliphatic carbocycles. The molecule has 0 heterocycles. The first kappa shape index (κ1) is 16.6. The van der Waals surface area contributed by atoms with Gasteiger partial charge in [0, 0.05) is 0 Å². The third-order valence-electron chi connectivity index (χ3n) is 4.30. The highest BCUT2D eigenvalue weighted by Gasteiger charge is 2.29. The van der Waals surface area contributed by atoms with E-state index < -0.39 is 11.7 Å². The highest BCUT2D eigenvalue weighted by Crippen LogP contribution is 2.31. The van der Waals surface area contributed by atoms with Crippen molar-refractivity contribution in [2.24, 2.45) is 0 Å². The van der Waals surface area contributed by atoms with Gasteiger partial charge in [0.05, 0.1) is 5.56 Å². The quantitative estimate of drug-likeness (QED) is 0.563. The molecule has 0 atom stereocenters. The second kappa shape index (κ2) is 7.08. The summed E-state index contributed by atoms with van der Waals surface area (Å²) in [6, 6.07) is 13.4. The molecule has 0 fully saturated rings. The van der Waals surface area contributed by atoms with E-state index in [0.29, 0.717) is 0 Å². The van der Waals surface area contributed by atoms with Crippen molar-refractivity contribution in [3.63, 3.8) is 0 Å². The molecule has 0 radical (unpaired) electrons. The van der Waals surface area contributed by atoms with E-state index in [1.165, 1.54) is 36.1 Å². The van der Waals surface area contributed by atoms with Crippen molar-refractivity contribution in [3.8, 4) is 11.1 Å². The standard InChI is InChI=1S/C21H19F3/c22-21(23,24)20-14-12-19(13-15-20)18-10-8-17(9-11-18)16-6-4-2-1-3-5-7-16/h2,4,6,8-15H,1,3,5,7H2/b4-2-,16-6+. The van der Waals surface area contributed by atoms with E-state index >= 15 is 0 Å². The molecule has 2 aromatic rings. The normalized spacial score (nSPS) is 19.0. The van der Waals surface area contributed by atoms with Crippen LogP contribution in [0.1, 0.15) is 36.8 Å². The van der Waals surface area contributed by atoms with Gasteiger partial charge in [0.25, 0.3) is 0 Å². The number of benzene rings is 2. The van der Waals surface area contributed by atoms with Crippen LogP contribution in [0.5, 0.6) is 0 Å². The molecule has 3 heteroatoms. The van der Waals surface area contributed by atoms with Crippen LogP contribution >= 0.6 is 0 Å². The zero-order valence-electron chi connectivity index (χ0n) is 13.3. The van der Waals surface area contributed by atoms with Crippen molar-refractivity contribution >= 4 is 5.57 Å². The zero-order chi connectivity index (χ0) is 17.0. The minimum atomic E-state index is -4.29. The van der Waals surface area contributed by atoms with Gasteiger partial charge in [-0.1, -0.05) is 54.6 Å². The van der Waals surface area contributed by atoms with Gasteiger partial charge in [-0.3, -0.25) is 0 Å². The molecule has 0 saturated carbocycles. The minimum absolute atomic E-state index is 0.616. The molecule has 0 aromatic heterocycles. The predicted octanol–water partition coefficient (Wildman–Crippen LogP) is 6.89. The Morgan fingerprint density at radius 3 is 1.92 bits per heavy atom. The molecule has 1 aliphatic rings. The number of rotatable bonds is 2. The van der Waals surface area contributed by atoms with Crippen molar-refractivity contribution in [2.45, 2.75) is 31.9 Å². The number of hydrogen-bond donors (Lipinski definition) is 0. The fraction of sp³-hybridized carbons (Fsp3) is 0.238. The Labute approximate surface area is 140 Å². The van der Waals surface area contributed by atoms with Crippen LogP contribution in [0.25, 0.3) is 16.7 Å². The monoisotopic (exact) mass is 328 g/mol. The summed E-state index contributed by atoms with van der Waals surface area (Å²) in [6.07, 6.45) is 6.75. The first-order valence-corrected chi connectivity index (χ1v) is 8.18. The van der Waals surface area contributed by atoms with Gasteiger partial charge in [0.2, 0.25) is 0 Å². The topological polar surface area (TPSA) is 0 Å². The van der Waals surface area contributed by atoms with E-state index in [1.807, 2.05) is 24.3 Å². The van der Waals surface area contributed by atoms with E-state index in [1.54, 1.807) is 0 Å². The zero-order valence-corrected chi connectivity index (χ0v) is 13.3. The lowest BCUT2D eigenvalue weighted by molar-refractivity contribution is -0.137. The van der Waals surface area contributed by atoms with Crippen LogP contribution in [0.3, 0.4) is 0 Å². The Bertz CT molecular complexity index is 732. The van der Waals surface area contributed by atoms with E-state index in [4.69, 9.17) is 0 Å². The van der Waals surface area contributed by atoms with Gasteiger partial charge < -0.3 is 0 Å². The lowest BCUT2D eigenvalue weighted by Crippen LogP contribution is -2.03. The number of alkyl halides is 3. The molecule has 0 amide bonds. The van der Waals surface area contributed by atoms with E-state index in [9.17, 15) is 13.2 Å². The first-order chi connectivity index (χ1) is 11.5. The van der Waals surface area contributed by atoms with Gasteiger partial charge in [0.15, 0.2) is 0 Å². The van der Waals surface area contributed by atoms with Gasteiger partial charge >= 0.3 is 6.18 Å². The lowest BCUT2D eigenvalue weighted by Gasteiger charge is -2.11. The van der Waals surface area contributed by atoms with Crippen LogP contribution in [-0.4, -0.2) is 0 Å². The molecule has 0 bridgehead atoms. The maximum Gasteiger partial charge on any atom is 0.416 e. The molecule has 0 spiro atoms. The number of allylic oxidation sites excluding steroid dienone is 4. The first-order valence-electron chi connectivity index (χ1n) is 8.18. The average Bonchev–Trinajstić information content (AvgIpc) is 2.54. The highest BCUT2D eigenvalue weighted by atomic mass is 19.4. The van der Waals surface area contributed by atoms with Crippen LogP contribution in [0.4, 0.5) is 13.2 Å². The molecule has 0 N–H and O–H groups in total. The highest BCUT2D eigenvalue weighted by molar-refractivity contribution is 5.71. The number of hydrogen-bond acceptors (Lipinski definition) is 0. The largest absolute Gasteiger partial charge is 0.416 e. The van der Waals surface area contributed by atoms with E-state index in [2.05, 4.69) is 18.2 Å². The van der Waals surface area contributed by atoms with Gasteiger partial charge in [0.1, 0.15) is 0 Å². The molecule has 2 aromatic carbocycles. The fourth-order valence-electron chi connectivity index (χ4n) is 2.91. The van der Waals surface area contributed by atoms with Crippen LogP contribution in [0.15, 0.2) is 66.8 Å². The molecular formula is C21H19F3. The molecule has 0 nitrogen and oxygen atoms in total. The fourth-order valence-corrected chi connectivity index (χ4v) is 2.91. The third-order valence-corrected chi connectivity index (χ3v) is 4.30. The van der Waals surface area contributed by atoms with Gasteiger partial charge in [-0.05, 0) is 60.1 Å². The van der Waals surface area contributed by atoms with E-state index in [0.717, 1.165) is 36.1 Å². The minimum Gasteiger partial charge on any atom is -0.166 e. The van der Waals surface area contributed by atoms with E-state index in [-0.39, 0.29) is 0 Å². The van der Waals surface area contributed by atoms with Crippen LogP contribution < -0.4 is 0 Å². The Balaban J connectivity index is 1.81. The van der Waals surface area contributed by atoms with Gasteiger partial charge in [-0.25, -0.2) is 0 Å². The molecule has 0 unspecified atom stereocenters. The average molecular weight is 328 g/mol. The maximum atomic E-state index is 12.6. The summed E-state index contributed by atoms with van der Waals surface area (Å²) in [4.78, 5) is 0. The molecule has 0 saturated heterocycles. The maximum absolute atomic E-state index is 12.6.